The molecule has 17 heavy (non-hydrogen) atoms. The van der Waals surface area contributed by atoms with Crippen LogP contribution in [0, 0.1) is 11.8 Å². The van der Waals surface area contributed by atoms with Gasteiger partial charge in [0, 0.05) is 6.54 Å². The molecule has 1 aliphatic carbocycles. The molecule has 2 heterocycles. The number of hydrogen-bond donors (Lipinski definition) is 1. The molecule has 0 aromatic heterocycles. The second-order valence-corrected chi connectivity index (χ2v) is 6.23. The zero-order valence-corrected chi connectivity index (χ0v) is 10.7. The molecule has 1 amide bonds. The van der Waals surface area contributed by atoms with Gasteiger partial charge in [-0.2, -0.15) is 0 Å². The minimum atomic E-state index is -0.810. The molecule has 5 heteroatoms. The highest BCUT2D eigenvalue weighted by atomic mass is 16.6. The van der Waals surface area contributed by atoms with Gasteiger partial charge in [0.1, 0.15) is 5.60 Å². The van der Waals surface area contributed by atoms with Crippen LogP contribution in [0.15, 0.2) is 0 Å². The SMILES string of the molecule is CC(C)(C)OC(=O)N1C[C@H]2C[C@]1(C)[C@H]2C(=O)O. The Morgan fingerprint density at radius 1 is 1.41 bits per heavy atom. The summed E-state index contributed by atoms with van der Waals surface area (Å²) in [5.74, 6) is -1.16. The van der Waals surface area contributed by atoms with Gasteiger partial charge in [-0.25, -0.2) is 4.79 Å². The molecule has 96 valence electrons. The Hall–Kier alpha value is -1.26. The molecule has 2 bridgehead atoms. The average Bonchev–Trinajstić information content (AvgIpc) is 2.51. The molecule has 0 aromatic rings. The van der Waals surface area contributed by atoms with E-state index in [-0.39, 0.29) is 5.92 Å². The standard InChI is InChI=1S/C12H19NO4/c1-11(2,3)17-10(16)13-6-7-5-12(13,4)8(7)9(14)15/h7-8H,5-6H2,1-4H3,(H,14,15)/t7-,8-,12-/m1/s1. The number of rotatable bonds is 1. The minimum absolute atomic E-state index is 0.0880. The fourth-order valence-corrected chi connectivity index (χ4v) is 3.08. The van der Waals surface area contributed by atoms with Crippen LogP contribution in [0.4, 0.5) is 4.79 Å². The fraction of sp³-hybridized carbons (Fsp3) is 0.833. The van der Waals surface area contributed by atoms with Crippen molar-refractivity contribution in [3.63, 3.8) is 0 Å². The Morgan fingerprint density at radius 2 is 2.00 bits per heavy atom. The molecule has 0 unspecified atom stereocenters. The van der Waals surface area contributed by atoms with Gasteiger partial charge in [0.2, 0.25) is 0 Å². The van der Waals surface area contributed by atoms with Crippen molar-refractivity contribution >= 4 is 12.1 Å². The number of hydrogen-bond acceptors (Lipinski definition) is 3. The maximum Gasteiger partial charge on any atom is 0.410 e. The van der Waals surface area contributed by atoms with Crippen molar-refractivity contribution in [2.24, 2.45) is 11.8 Å². The van der Waals surface area contributed by atoms with Crippen molar-refractivity contribution in [1.29, 1.82) is 0 Å². The van der Waals surface area contributed by atoms with Crippen LogP contribution >= 0.6 is 0 Å². The van der Waals surface area contributed by atoms with Crippen molar-refractivity contribution in [3.8, 4) is 0 Å². The summed E-state index contributed by atoms with van der Waals surface area (Å²) < 4.78 is 5.31. The minimum Gasteiger partial charge on any atom is -0.481 e. The van der Waals surface area contributed by atoms with Crippen LogP contribution < -0.4 is 0 Å². The van der Waals surface area contributed by atoms with Crippen LogP contribution in [0.3, 0.4) is 0 Å². The van der Waals surface area contributed by atoms with E-state index in [0.717, 1.165) is 6.42 Å². The molecule has 3 atom stereocenters. The third-order valence-electron chi connectivity index (χ3n) is 3.73. The summed E-state index contributed by atoms with van der Waals surface area (Å²) >= 11 is 0. The van der Waals surface area contributed by atoms with Crippen molar-refractivity contribution in [3.05, 3.63) is 0 Å². The van der Waals surface area contributed by atoms with Crippen LogP contribution in [0.1, 0.15) is 34.1 Å². The van der Waals surface area contributed by atoms with E-state index in [4.69, 9.17) is 9.84 Å². The van der Waals surface area contributed by atoms with E-state index in [1.54, 1.807) is 4.90 Å². The molecule has 2 aliphatic heterocycles. The van der Waals surface area contributed by atoms with Crippen molar-refractivity contribution < 1.29 is 19.4 Å². The molecule has 2 saturated heterocycles. The first-order valence-corrected chi connectivity index (χ1v) is 5.88. The van der Waals surface area contributed by atoms with Crippen LogP contribution in [0.2, 0.25) is 0 Å². The summed E-state index contributed by atoms with van der Waals surface area (Å²) in [6.07, 6.45) is 0.370. The lowest BCUT2D eigenvalue weighted by Crippen LogP contribution is -2.56. The maximum absolute atomic E-state index is 12.0. The zero-order valence-electron chi connectivity index (χ0n) is 10.7. The lowest BCUT2D eigenvalue weighted by atomic mass is 9.64. The van der Waals surface area contributed by atoms with Gasteiger partial charge in [-0.3, -0.25) is 4.79 Å². The summed E-state index contributed by atoms with van der Waals surface area (Å²) in [6, 6.07) is 0. The van der Waals surface area contributed by atoms with Crippen molar-refractivity contribution in [2.75, 3.05) is 6.54 Å². The van der Waals surface area contributed by atoms with E-state index in [0.29, 0.717) is 6.54 Å². The van der Waals surface area contributed by atoms with Gasteiger partial charge >= 0.3 is 12.1 Å². The number of carbonyl (C=O) groups is 2. The highest BCUT2D eigenvalue weighted by Gasteiger charge is 2.66. The number of ether oxygens (including phenoxy) is 1. The first-order chi connectivity index (χ1) is 7.65. The summed E-state index contributed by atoms with van der Waals surface area (Å²) in [4.78, 5) is 24.7. The molecule has 5 nitrogen and oxygen atoms in total. The van der Waals surface area contributed by atoms with Crippen LogP contribution in [0.25, 0.3) is 0 Å². The summed E-state index contributed by atoms with van der Waals surface area (Å²) in [5.41, 5.74) is -1.10. The quantitative estimate of drug-likeness (QED) is 0.759. The normalized spacial score (nSPS) is 35.4. The average molecular weight is 241 g/mol. The molecule has 0 radical (unpaired) electrons. The van der Waals surface area contributed by atoms with Crippen LogP contribution in [0.5, 0.6) is 0 Å². The topological polar surface area (TPSA) is 66.8 Å². The number of carboxylic acid groups (broad SMARTS) is 1. The summed E-state index contributed by atoms with van der Waals surface area (Å²) in [6.45, 7) is 7.76. The van der Waals surface area contributed by atoms with Crippen molar-refractivity contribution in [2.45, 2.75) is 45.3 Å². The Kier molecular flexibility index (Phi) is 2.42. The fourth-order valence-electron chi connectivity index (χ4n) is 3.08. The molecular formula is C12H19NO4. The van der Waals surface area contributed by atoms with Crippen molar-refractivity contribution in [1.82, 2.24) is 4.90 Å². The number of amides is 1. The van der Waals surface area contributed by atoms with E-state index in [9.17, 15) is 9.59 Å². The predicted molar refractivity (Wildman–Crippen MR) is 60.6 cm³/mol. The predicted octanol–water partition coefficient (Wildman–Crippen LogP) is 1.72. The number of carbonyl (C=O) groups excluding carboxylic acids is 1. The molecule has 3 rings (SSSR count). The van der Waals surface area contributed by atoms with Crippen LogP contribution in [-0.4, -0.2) is 39.8 Å². The number of nitrogens with zero attached hydrogens (tertiary/aromatic N) is 1. The van der Waals surface area contributed by atoms with E-state index in [1.807, 2.05) is 27.7 Å². The van der Waals surface area contributed by atoms with Gasteiger partial charge in [0.25, 0.3) is 0 Å². The number of carboxylic acids is 1. The number of aliphatic carboxylic acids is 1. The van der Waals surface area contributed by atoms with Gasteiger partial charge in [-0.1, -0.05) is 0 Å². The lowest BCUT2D eigenvalue weighted by molar-refractivity contribution is -0.151. The van der Waals surface area contributed by atoms with E-state index in [2.05, 4.69) is 0 Å². The van der Waals surface area contributed by atoms with Gasteiger partial charge in [-0.15, -0.1) is 0 Å². The molecule has 1 saturated carbocycles. The highest BCUT2D eigenvalue weighted by Crippen LogP contribution is 2.55. The second-order valence-electron chi connectivity index (χ2n) is 6.23. The summed E-state index contributed by atoms with van der Waals surface area (Å²) in [7, 11) is 0. The molecular weight excluding hydrogens is 222 g/mol. The third-order valence-corrected chi connectivity index (χ3v) is 3.73. The first-order valence-electron chi connectivity index (χ1n) is 5.88. The van der Waals surface area contributed by atoms with Gasteiger partial charge in [0.05, 0.1) is 11.5 Å². The van der Waals surface area contributed by atoms with E-state index < -0.39 is 29.1 Å². The second kappa shape index (κ2) is 3.37. The Labute approximate surface area is 101 Å². The van der Waals surface area contributed by atoms with Gasteiger partial charge in [-0.05, 0) is 40.0 Å². The molecule has 0 spiro atoms. The van der Waals surface area contributed by atoms with E-state index >= 15 is 0 Å². The number of fused-ring (bicyclic) bond motifs is 1. The summed E-state index contributed by atoms with van der Waals surface area (Å²) in [5, 5.41) is 9.13. The Balaban J connectivity index is 2.11. The largest absolute Gasteiger partial charge is 0.481 e. The first kappa shape index (κ1) is 12.2. The molecule has 1 N–H and O–H groups in total. The third kappa shape index (κ3) is 1.77. The molecule has 3 aliphatic rings. The van der Waals surface area contributed by atoms with Crippen LogP contribution in [-0.2, 0) is 9.53 Å². The Morgan fingerprint density at radius 3 is 2.41 bits per heavy atom. The molecule has 0 aromatic carbocycles. The molecule has 3 fully saturated rings. The maximum atomic E-state index is 12.0. The van der Waals surface area contributed by atoms with Gasteiger partial charge in [0.15, 0.2) is 0 Å². The smallest absolute Gasteiger partial charge is 0.410 e. The highest BCUT2D eigenvalue weighted by molar-refractivity contribution is 5.79. The van der Waals surface area contributed by atoms with E-state index in [1.165, 1.54) is 0 Å². The monoisotopic (exact) mass is 241 g/mol. The zero-order chi connectivity index (χ0) is 13.0. The van der Waals surface area contributed by atoms with Gasteiger partial charge < -0.3 is 14.7 Å². The Bertz CT molecular complexity index is 373. The lowest BCUT2D eigenvalue weighted by Gasteiger charge is -2.44.